The van der Waals surface area contributed by atoms with E-state index in [2.05, 4.69) is 15.9 Å². The lowest BCUT2D eigenvalue weighted by atomic mass is 10.0. The van der Waals surface area contributed by atoms with Crippen LogP contribution in [0.25, 0.3) is 0 Å². The van der Waals surface area contributed by atoms with Crippen molar-refractivity contribution < 1.29 is 26.3 Å². The SMILES string of the molecule is Cl.N[C@H](c1cc(Br)ccc1F)C(F)(F)C(F)(F)F. The molecule has 0 saturated heterocycles. The molecule has 1 aromatic rings. The molecule has 0 heterocycles. The van der Waals surface area contributed by atoms with Crippen molar-refractivity contribution in [2.24, 2.45) is 5.73 Å². The smallest absolute Gasteiger partial charge is 0.319 e. The molecule has 0 spiro atoms. The highest BCUT2D eigenvalue weighted by molar-refractivity contribution is 9.10. The number of alkyl halides is 5. The first-order chi connectivity index (χ1) is 7.57. The summed E-state index contributed by atoms with van der Waals surface area (Å²) in [6, 6.07) is -0.0807. The molecule has 0 amide bonds. The van der Waals surface area contributed by atoms with Crippen LogP contribution in [0.15, 0.2) is 22.7 Å². The van der Waals surface area contributed by atoms with E-state index in [1.165, 1.54) is 0 Å². The summed E-state index contributed by atoms with van der Waals surface area (Å²) in [7, 11) is 0. The number of rotatable bonds is 2. The van der Waals surface area contributed by atoms with Crippen molar-refractivity contribution in [3.05, 3.63) is 34.1 Å². The number of benzene rings is 1. The summed E-state index contributed by atoms with van der Waals surface area (Å²) in [4.78, 5) is 0. The second-order valence-corrected chi connectivity index (χ2v) is 4.18. The Hall–Kier alpha value is -0.470. The fraction of sp³-hybridized carbons (Fsp3) is 0.333. The van der Waals surface area contributed by atoms with Crippen LogP contribution >= 0.6 is 28.3 Å². The molecule has 1 rings (SSSR count). The molecule has 0 fully saturated rings. The van der Waals surface area contributed by atoms with Crippen molar-refractivity contribution in [1.82, 2.24) is 0 Å². The van der Waals surface area contributed by atoms with E-state index in [0.29, 0.717) is 0 Å². The quantitative estimate of drug-likeness (QED) is 0.788. The van der Waals surface area contributed by atoms with Gasteiger partial charge < -0.3 is 5.73 Å². The molecule has 18 heavy (non-hydrogen) atoms. The Morgan fingerprint density at radius 2 is 1.61 bits per heavy atom. The molecule has 1 aromatic carbocycles. The fourth-order valence-corrected chi connectivity index (χ4v) is 1.50. The Morgan fingerprint density at radius 1 is 1.11 bits per heavy atom. The third kappa shape index (κ3) is 3.30. The summed E-state index contributed by atoms with van der Waals surface area (Å²) in [6.45, 7) is 0. The van der Waals surface area contributed by atoms with Crippen LogP contribution < -0.4 is 5.73 Å². The van der Waals surface area contributed by atoms with E-state index in [-0.39, 0.29) is 16.9 Å². The first-order valence-corrected chi connectivity index (χ1v) is 5.01. The fourth-order valence-electron chi connectivity index (χ4n) is 1.12. The zero-order valence-corrected chi connectivity index (χ0v) is 10.8. The average Bonchev–Trinajstić information content (AvgIpc) is 2.19. The monoisotopic (exact) mass is 357 g/mol. The van der Waals surface area contributed by atoms with E-state index in [0.717, 1.165) is 18.2 Å². The summed E-state index contributed by atoms with van der Waals surface area (Å²) < 4.78 is 75.2. The number of halogens is 8. The van der Waals surface area contributed by atoms with Crippen molar-refractivity contribution in [2.45, 2.75) is 18.1 Å². The molecule has 1 nitrogen and oxygen atoms in total. The average molecular weight is 359 g/mol. The largest absolute Gasteiger partial charge is 0.455 e. The van der Waals surface area contributed by atoms with Crippen LogP contribution in [0.1, 0.15) is 11.6 Å². The van der Waals surface area contributed by atoms with E-state index < -0.39 is 29.5 Å². The molecular formula is C9H7BrClF6N. The molecule has 0 unspecified atom stereocenters. The van der Waals surface area contributed by atoms with E-state index >= 15 is 0 Å². The highest BCUT2D eigenvalue weighted by Crippen LogP contribution is 2.44. The maximum absolute atomic E-state index is 13.1. The Labute approximate surface area is 113 Å². The van der Waals surface area contributed by atoms with Gasteiger partial charge in [-0.3, -0.25) is 0 Å². The van der Waals surface area contributed by atoms with Gasteiger partial charge in [-0.1, -0.05) is 15.9 Å². The van der Waals surface area contributed by atoms with Crippen molar-refractivity contribution in [1.29, 1.82) is 0 Å². The minimum atomic E-state index is -5.83. The van der Waals surface area contributed by atoms with Gasteiger partial charge in [-0.05, 0) is 18.2 Å². The van der Waals surface area contributed by atoms with Gasteiger partial charge in [0.25, 0.3) is 0 Å². The minimum Gasteiger partial charge on any atom is -0.319 e. The van der Waals surface area contributed by atoms with Crippen LogP contribution in [0.5, 0.6) is 0 Å². The highest BCUT2D eigenvalue weighted by Gasteiger charge is 2.62. The number of nitrogens with two attached hydrogens (primary N) is 1. The Bertz CT molecular complexity index is 422. The highest BCUT2D eigenvalue weighted by atomic mass is 79.9. The molecule has 0 aromatic heterocycles. The Kier molecular flexibility index (Phi) is 5.52. The number of hydrogen-bond acceptors (Lipinski definition) is 1. The van der Waals surface area contributed by atoms with Gasteiger partial charge in [0.15, 0.2) is 0 Å². The predicted molar refractivity (Wildman–Crippen MR) is 59.3 cm³/mol. The zero-order chi connectivity index (χ0) is 13.4. The molecule has 1 atom stereocenters. The lowest BCUT2D eigenvalue weighted by Crippen LogP contribution is -2.46. The third-order valence-corrected chi connectivity index (χ3v) is 2.55. The second kappa shape index (κ2) is 5.66. The summed E-state index contributed by atoms with van der Waals surface area (Å²) in [5, 5.41) is 0. The van der Waals surface area contributed by atoms with Gasteiger partial charge in [-0.25, -0.2) is 4.39 Å². The van der Waals surface area contributed by atoms with Gasteiger partial charge >= 0.3 is 12.1 Å². The normalized spacial score (nSPS) is 14.0. The van der Waals surface area contributed by atoms with Crippen molar-refractivity contribution in [3.8, 4) is 0 Å². The van der Waals surface area contributed by atoms with E-state index in [4.69, 9.17) is 5.73 Å². The molecule has 2 N–H and O–H groups in total. The van der Waals surface area contributed by atoms with Gasteiger partial charge in [0.2, 0.25) is 0 Å². The second-order valence-electron chi connectivity index (χ2n) is 3.26. The van der Waals surface area contributed by atoms with Crippen LogP contribution in [0.4, 0.5) is 26.3 Å². The van der Waals surface area contributed by atoms with Crippen molar-refractivity contribution >= 4 is 28.3 Å². The molecule has 0 aliphatic carbocycles. The van der Waals surface area contributed by atoms with Crippen LogP contribution in [-0.4, -0.2) is 12.1 Å². The summed E-state index contributed by atoms with van der Waals surface area (Å²) in [5.74, 6) is -6.42. The first kappa shape index (κ1) is 17.5. The van der Waals surface area contributed by atoms with Gasteiger partial charge in [-0.2, -0.15) is 22.0 Å². The topological polar surface area (TPSA) is 26.0 Å². The van der Waals surface area contributed by atoms with Crippen molar-refractivity contribution in [3.63, 3.8) is 0 Å². The Balaban J connectivity index is 0.00000289. The summed E-state index contributed by atoms with van der Waals surface area (Å²) in [5.41, 5.74) is 3.90. The minimum absolute atomic E-state index is 0. The van der Waals surface area contributed by atoms with Gasteiger partial charge in [0.1, 0.15) is 11.9 Å². The summed E-state index contributed by atoms with van der Waals surface area (Å²) in [6.07, 6.45) is -5.83. The van der Waals surface area contributed by atoms with Crippen LogP contribution in [-0.2, 0) is 0 Å². The third-order valence-electron chi connectivity index (χ3n) is 2.06. The Morgan fingerprint density at radius 3 is 2.06 bits per heavy atom. The zero-order valence-electron chi connectivity index (χ0n) is 8.44. The number of hydrogen-bond donors (Lipinski definition) is 1. The lowest BCUT2D eigenvalue weighted by Gasteiger charge is -2.26. The summed E-state index contributed by atoms with van der Waals surface area (Å²) >= 11 is 2.83. The lowest BCUT2D eigenvalue weighted by molar-refractivity contribution is -0.291. The van der Waals surface area contributed by atoms with E-state index in [1.54, 1.807) is 0 Å². The van der Waals surface area contributed by atoms with Crippen LogP contribution in [0.2, 0.25) is 0 Å². The molecule has 0 saturated carbocycles. The van der Waals surface area contributed by atoms with Crippen LogP contribution in [0, 0.1) is 5.82 Å². The molecule has 9 heteroatoms. The molecule has 0 bridgehead atoms. The van der Waals surface area contributed by atoms with Crippen molar-refractivity contribution in [2.75, 3.05) is 0 Å². The van der Waals surface area contributed by atoms with Gasteiger partial charge in [-0.15, -0.1) is 12.4 Å². The van der Waals surface area contributed by atoms with Gasteiger partial charge in [0, 0.05) is 10.0 Å². The van der Waals surface area contributed by atoms with E-state index in [9.17, 15) is 26.3 Å². The van der Waals surface area contributed by atoms with Gasteiger partial charge in [0.05, 0.1) is 0 Å². The maximum atomic E-state index is 13.1. The standard InChI is InChI=1S/C9H6BrF6N.ClH/c10-4-1-2-6(11)5(3-4)7(17)8(12,13)9(14,15)16;/h1-3,7H,17H2;1H/t7-;/m1./s1. The molecule has 0 radical (unpaired) electrons. The predicted octanol–water partition coefficient (Wildman–Crippen LogP) is 4.21. The molecule has 0 aliphatic rings. The van der Waals surface area contributed by atoms with E-state index in [1.807, 2.05) is 0 Å². The van der Waals surface area contributed by atoms with Crippen LogP contribution in [0.3, 0.4) is 0 Å². The maximum Gasteiger partial charge on any atom is 0.455 e. The molecule has 0 aliphatic heterocycles. The molecule has 104 valence electrons. The molecular weight excluding hydrogens is 351 g/mol. The first-order valence-electron chi connectivity index (χ1n) is 4.22.